The minimum Gasteiger partial charge on any atom is -0.489 e. The maximum atomic E-state index is 12.8. The fraction of sp³-hybridized carbons (Fsp3) is 0.346. The second kappa shape index (κ2) is 8.78. The number of rotatable bonds is 7. The van der Waals surface area contributed by atoms with Gasteiger partial charge in [-0.25, -0.2) is 4.52 Å². The average Bonchev–Trinajstić information content (AvgIpc) is 3.17. The minimum absolute atomic E-state index is 0.0341. The van der Waals surface area contributed by atoms with Gasteiger partial charge < -0.3 is 15.4 Å². The Morgan fingerprint density at radius 1 is 1.25 bits per heavy atom. The van der Waals surface area contributed by atoms with E-state index in [1.807, 2.05) is 56.7 Å². The third-order valence-electron chi connectivity index (χ3n) is 6.87. The van der Waals surface area contributed by atoms with Crippen molar-refractivity contribution < 1.29 is 14.3 Å². The van der Waals surface area contributed by atoms with Gasteiger partial charge in [-0.05, 0) is 37.1 Å². The fourth-order valence-corrected chi connectivity index (χ4v) is 4.77. The lowest BCUT2D eigenvalue weighted by atomic mass is 10.1. The molecule has 1 aliphatic carbocycles. The van der Waals surface area contributed by atoms with Crippen molar-refractivity contribution >= 4 is 23.1 Å². The normalized spacial score (nSPS) is 20.9. The number of fused-ring (bicyclic) bond motifs is 1. The van der Waals surface area contributed by atoms with E-state index in [9.17, 15) is 9.59 Å². The van der Waals surface area contributed by atoms with Gasteiger partial charge >= 0.3 is 0 Å². The van der Waals surface area contributed by atoms with Gasteiger partial charge in [0, 0.05) is 67.5 Å². The van der Waals surface area contributed by atoms with E-state index < -0.39 is 0 Å². The Bertz CT molecular complexity index is 1460. The van der Waals surface area contributed by atoms with Crippen LogP contribution in [0.3, 0.4) is 0 Å². The molecule has 0 unspecified atom stereocenters. The van der Waals surface area contributed by atoms with Gasteiger partial charge in [-0.3, -0.25) is 19.3 Å². The lowest BCUT2D eigenvalue weighted by Gasteiger charge is -2.11. The lowest BCUT2D eigenvalue weighted by molar-refractivity contribution is -0.119. The Hall–Kier alpha value is -4.21. The molecule has 0 bridgehead atoms. The molecule has 5 heterocycles. The summed E-state index contributed by atoms with van der Waals surface area (Å²) in [5.41, 5.74) is 4.67. The third kappa shape index (κ3) is 4.30. The SMILES string of the molecule is Cc1ccc([C@H]2C[C@H]2C(=O)Nc2cc3cc(-c4c(OC[C@@H]5CNC(=O)C5)cnn4C)ccn3n2)nc1. The van der Waals surface area contributed by atoms with E-state index in [2.05, 4.69) is 25.8 Å². The molecule has 4 aromatic heterocycles. The highest BCUT2D eigenvalue weighted by molar-refractivity contribution is 5.95. The Morgan fingerprint density at radius 3 is 2.92 bits per heavy atom. The van der Waals surface area contributed by atoms with Crippen LogP contribution in [0.15, 0.2) is 48.9 Å². The summed E-state index contributed by atoms with van der Waals surface area (Å²) < 4.78 is 9.54. The molecular formula is C26H27N7O3. The molecule has 0 aromatic carbocycles. The molecule has 2 fully saturated rings. The van der Waals surface area contributed by atoms with Gasteiger partial charge in [-0.15, -0.1) is 0 Å². The zero-order valence-electron chi connectivity index (χ0n) is 20.1. The second-order valence-electron chi connectivity index (χ2n) is 9.68. The summed E-state index contributed by atoms with van der Waals surface area (Å²) in [5, 5.41) is 14.7. The molecule has 2 amide bonds. The van der Waals surface area contributed by atoms with E-state index >= 15 is 0 Å². The highest BCUT2D eigenvalue weighted by atomic mass is 16.5. The van der Waals surface area contributed by atoms with Crippen LogP contribution in [0.5, 0.6) is 5.75 Å². The van der Waals surface area contributed by atoms with Crippen molar-refractivity contribution in [2.45, 2.75) is 25.7 Å². The molecule has 3 atom stereocenters. The van der Waals surface area contributed by atoms with Crippen molar-refractivity contribution in [3.05, 3.63) is 60.2 Å². The molecule has 2 aliphatic rings. The van der Waals surface area contributed by atoms with Gasteiger partial charge in [0.1, 0.15) is 5.69 Å². The number of ether oxygens (including phenoxy) is 1. The molecule has 10 heteroatoms. The number of nitrogens with zero attached hydrogens (tertiary/aromatic N) is 5. The number of amides is 2. The summed E-state index contributed by atoms with van der Waals surface area (Å²) in [6.45, 7) is 3.08. The van der Waals surface area contributed by atoms with Gasteiger partial charge in [0.2, 0.25) is 11.8 Å². The molecule has 184 valence electrons. The number of nitrogens with one attached hydrogen (secondary N) is 2. The first-order valence-corrected chi connectivity index (χ1v) is 12.1. The molecule has 0 spiro atoms. The molecule has 6 rings (SSSR count). The summed E-state index contributed by atoms with van der Waals surface area (Å²) in [6, 6.07) is 9.82. The first-order chi connectivity index (χ1) is 17.4. The van der Waals surface area contributed by atoms with Crippen LogP contribution in [0.2, 0.25) is 0 Å². The van der Waals surface area contributed by atoms with Gasteiger partial charge in [0.25, 0.3) is 0 Å². The molecule has 1 aliphatic heterocycles. The lowest BCUT2D eigenvalue weighted by Crippen LogP contribution is -2.16. The van der Waals surface area contributed by atoms with E-state index in [-0.39, 0.29) is 29.6 Å². The predicted octanol–water partition coefficient (Wildman–Crippen LogP) is 2.70. The number of pyridine rings is 2. The van der Waals surface area contributed by atoms with Gasteiger partial charge in [0.05, 0.1) is 18.3 Å². The Morgan fingerprint density at radius 2 is 2.14 bits per heavy atom. The Kier molecular flexibility index (Phi) is 5.43. The quantitative estimate of drug-likeness (QED) is 0.416. The first-order valence-electron chi connectivity index (χ1n) is 12.1. The molecular weight excluding hydrogens is 458 g/mol. The fourth-order valence-electron chi connectivity index (χ4n) is 4.77. The van der Waals surface area contributed by atoms with Crippen molar-refractivity contribution in [3.63, 3.8) is 0 Å². The third-order valence-corrected chi connectivity index (χ3v) is 6.87. The summed E-state index contributed by atoms with van der Waals surface area (Å²) in [7, 11) is 1.87. The van der Waals surface area contributed by atoms with Crippen molar-refractivity contribution in [1.82, 2.24) is 29.7 Å². The van der Waals surface area contributed by atoms with Crippen LogP contribution in [0, 0.1) is 18.8 Å². The summed E-state index contributed by atoms with van der Waals surface area (Å²) >= 11 is 0. The molecule has 2 N–H and O–H groups in total. The number of aryl methyl sites for hydroxylation is 2. The maximum Gasteiger partial charge on any atom is 0.229 e. The van der Waals surface area contributed by atoms with Crippen LogP contribution in [-0.2, 0) is 16.6 Å². The van der Waals surface area contributed by atoms with E-state index in [1.165, 1.54) is 0 Å². The standard InChI is InChI=1S/C26H27N7O3/c1-15-3-4-21(27-11-15)19-10-20(19)26(35)30-23-9-18-8-17(5-6-33(18)31-23)25-22(13-29-32(25)2)36-14-16-7-24(34)28-12-16/h3-6,8-9,11,13,16,19-20H,7,10,12,14H2,1-2H3,(H,28,34)(H,30,31,35)/t16-,19-,20+/m0/s1. The summed E-state index contributed by atoms with van der Waals surface area (Å²) in [4.78, 5) is 28.7. The number of anilines is 1. The molecule has 1 saturated heterocycles. The highest BCUT2D eigenvalue weighted by Gasteiger charge is 2.45. The Balaban J connectivity index is 1.16. The predicted molar refractivity (Wildman–Crippen MR) is 132 cm³/mol. The smallest absolute Gasteiger partial charge is 0.229 e. The number of hydrogen-bond acceptors (Lipinski definition) is 6. The van der Waals surface area contributed by atoms with E-state index in [1.54, 1.807) is 15.4 Å². The first kappa shape index (κ1) is 22.3. The molecule has 1 saturated carbocycles. The van der Waals surface area contributed by atoms with Crippen LogP contribution in [0.1, 0.15) is 30.0 Å². The summed E-state index contributed by atoms with van der Waals surface area (Å²) in [6.07, 6.45) is 6.67. The Labute approximate surface area is 207 Å². The second-order valence-corrected chi connectivity index (χ2v) is 9.68. The maximum absolute atomic E-state index is 12.8. The largest absolute Gasteiger partial charge is 0.489 e. The van der Waals surface area contributed by atoms with Crippen LogP contribution < -0.4 is 15.4 Å². The van der Waals surface area contributed by atoms with E-state index in [4.69, 9.17) is 4.74 Å². The van der Waals surface area contributed by atoms with Crippen molar-refractivity contribution in [2.75, 3.05) is 18.5 Å². The monoisotopic (exact) mass is 485 g/mol. The number of carbonyl (C=O) groups excluding carboxylic acids is 2. The van der Waals surface area contributed by atoms with Gasteiger partial charge in [0.15, 0.2) is 11.6 Å². The summed E-state index contributed by atoms with van der Waals surface area (Å²) in [5.74, 6) is 1.44. The van der Waals surface area contributed by atoms with E-state index in [0.29, 0.717) is 31.1 Å². The zero-order chi connectivity index (χ0) is 24.8. The highest BCUT2D eigenvalue weighted by Crippen LogP contribution is 2.47. The van der Waals surface area contributed by atoms with Crippen LogP contribution in [0.25, 0.3) is 16.8 Å². The van der Waals surface area contributed by atoms with Gasteiger partial charge in [-0.2, -0.15) is 10.2 Å². The number of aromatic nitrogens is 5. The molecule has 10 nitrogen and oxygen atoms in total. The van der Waals surface area contributed by atoms with Crippen molar-refractivity contribution in [2.24, 2.45) is 18.9 Å². The van der Waals surface area contributed by atoms with Crippen LogP contribution in [0.4, 0.5) is 5.82 Å². The van der Waals surface area contributed by atoms with Gasteiger partial charge in [-0.1, -0.05) is 6.07 Å². The van der Waals surface area contributed by atoms with Crippen molar-refractivity contribution in [3.8, 4) is 17.0 Å². The topological polar surface area (TPSA) is 115 Å². The van der Waals surface area contributed by atoms with E-state index in [0.717, 1.165) is 34.5 Å². The molecule has 4 aromatic rings. The zero-order valence-corrected chi connectivity index (χ0v) is 20.1. The minimum atomic E-state index is -0.0832. The number of carbonyl (C=O) groups is 2. The molecule has 36 heavy (non-hydrogen) atoms. The number of hydrogen-bond donors (Lipinski definition) is 2. The van der Waals surface area contributed by atoms with Crippen LogP contribution >= 0.6 is 0 Å². The molecule has 0 radical (unpaired) electrons. The van der Waals surface area contributed by atoms with Crippen LogP contribution in [-0.4, -0.2) is 49.3 Å². The van der Waals surface area contributed by atoms with Crippen molar-refractivity contribution in [1.29, 1.82) is 0 Å². The average molecular weight is 486 g/mol.